The summed E-state index contributed by atoms with van der Waals surface area (Å²) in [7, 11) is 0. The van der Waals surface area contributed by atoms with Crippen molar-refractivity contribution in [2.24, 2.45) is 5.73 Å². The number of hydrogen-bond acceptors (Lipinski definition) is 4. The van der Waals surface area contributed by atoms with Gasteiger partial charge in [-0.2, -0.15) is 5.10 Å². The summed E-state index contributed by atoms with van der Waals surface area (Å²) >= 11 is 0. The van der Waals surface area contributed by atoms with Crippen LogP contribution in [0.15, 0.2) is 18.6 Å². The van der Waals surface area contributed by atoms with Crippen LogP contribution < -0.4 is 5.73 Å². The highest BCUT2D eigenvalue weighted by Gasteiger charge is 2.12. The molecule has 0 saturated carbocycles. The highest BCUT2D eigenvalue weighted by molar-refractivity contribution is 5.93. The van der Waals surface area contributed by atoms with Crippen molar-refractivity contribution in [3.05, 3.63) is 29.7 Å². The molecular formula is C9H10N4O2. The lowest BCUT2D eigenvalue weighted by Crippen LogP contribution is -2.05. The Bertz CT molecular complexity index is 506. The van der Waals surface area contributed by atoms with E-state index < -0.39 is 5.97 Å². The fraction of sp³-hybridized carbons (Fsp3) is 0.222. The van der Waals surface area contributed by atoms with Crippen LogP contribution in [0.4, 0.5) is 0 Å². The van der Waals surface area contributed by atoms with E-state index >= 15 is 0 Å². The molecule has 0 saturated heterocycles. The van der Waals surface area contributed by atoms with Gasteiger partial charge in [0.2, 0.25) is 0 Å². The Labute approximate surface area is 85.3 Å². The maximum absolute atomic E-state index is 10.8. The average molecular weight is 206 g/mol. The van der Waals surface area contributed by atoms with Gasteiger partial charge in [0.15, 0.2) is 5.65 Å². The molecule has 0 unspecified atom stereocenters. The van der Waals surface area contributed by atoms with Gasteiger partial charge in [0.25, 0.3) is 0 Å². The van der Waals surface area contributed by atoms with E-state index in [4.69, 9.17) is 10.8 Å². The molecule has 6 nitrogen and oxygen atoms in total. The minimum Gasteiger partial charge on any atom is -0.477 e. The van der Waals surface area contributed by atoms with E-state index in [1.807, 2.05) is 0 Å². The van der Waals surface area contributed by atoms with Crippen molar-refractivity contribution in [2.75, 3.05) is 6.54 Å². The summed E-state index contributed by atoms with van der Waals surface area (Å²) in [6, 6.07) is 0. The number of nitrogens with two attached hydrogens (primary N) is 1. The van der Waals surface area contributed by atoms with Gasteiger partial charge in [0.05, 0.1) is 6.20 Å². The summed E-state index contributed by atoms with van der Waals surface area (Å²) in [5.41, 5.74) is 6.80. The molecular weight excluding hydrogens is 196 g/mol. The molecule has 0 fully saturated rings. The zero-order valence-corrected chi connectivity index (χ0v) is 7.92. The van der Waals surface area contributed by atoms with Crippen molar-refractivity contribution in [1.29, 1.82) is 0 Å². The molecule has 0 aromatic carbocycles. The monoisotopic (exact) mass is 206 g/mol. The van der Waals surface area contributed by atoms with Crippen molar-refractivity contribution in [3.8, 4) is 0 Å². The van der Waals surface area contributed by atoms with Gasteiger partial charge in [-0.15, -0.1) is 0 Å². The van der Waals surface area contributed by atoms with Crippen molar-refractivity contribution in [3.63, 3.8) is 0 Å². The van der Waals surface area contributed by atoms with Crippen molar-refractivity contribution in [2.45, 2.75) is 6.42 Å². The maximum atomic E-state index is 10.8. The molecule has 0 aliphatic carbocycles. The quantitative estimate of drug-likeness (QED) is 0.733. The molecule has 0 aliphatic heterocycles. The smallest absolute Gasteiger partial charge is 0.341 e. The van der Waals surface area contributed by atoms with E-state index in [2.05, 4.69) is 10.1 Å². The molecule has 3 N–H and O–H groups in total. The second-order valence-corrected chi connectivity index (χ2v) is 3.13. The maximum Gasteiger partial charge on any atom is 0.341 e. The van der Waals surface area contributed by atoms with Gasteiger partial charge in [0.1, 0.15) is 5.56 Å². The zero-order chi connectivity index (χ0) is 10.8. The van der Waals surface area contributed by atoms with Crippen LogP contribution in [0.25, 0.3) is 5.65 Å². The summed E-state index contributed by atoms with van der Waals surface area (Å²) < 4.78 is 1.45. The van der Waals surface area contributed by atoms with Crippen molar-refractivity contribution >= 4 is 11.6 Å². The standard InChI is InChI=1S/C9H10N4O2/c10-2-1-6-3-11-8-7(9(14)15)4-12-13(8)5-6/h3-5H,1-2,10H2,(H,14,15). The molecule has 0 amide bonds. The SMILES string of the molecule is NCCc1cnc2c(C(=O)O)cnn2c1. The van der Waals surface area contributed by atoms with Crippen LogP contribution in [-0.2, 0) is 6.42 Å². The predicted octanol–water partition coefficient (Wildman–Crippen LogP) is -0.0713. The fourth-order valence-corrected chi connectivity index (χ4v) is 1.36. The normalized spacial score (nSPS) is 10.7. The Morgan fingerprint density at radius 1 is 1.53 bits per heavy atom. The lowest BCUT2D eigenvalue weighted by atomic mass is 10.2. The number of rotatable bonds is 3. The van der Waals surface area contributed by atoms with Crippen molar-refractivity contribution in [1.82, 2.24) is 14.6 Å². The van der Waals surface area contributed by atoms with Gasteiger partial charge in [0, 0.05) is 12.4 Å². The van der Waals surface area contributed by atoms with Gasteiger partial charge in [-0.1, -0.05) is 0 Å². The third kappa shape index (κ3) is 1.66. The molecule has 2 rings (SSSR count). The molecule has 0 atom stereocenters. The first-order valence-corrected chi connectivity index (χ1v) is 4.48. The molecule has 2 heterocycles. The molecule has 2 aromatic heterocycles. The molecule has 0 spiro atoms. The molecule has 6 heteroatoms. The number of carboxylic acids is 1. The number of carboxylic acid groups (broad SMARTS) is 1. The Kier molecular flexibility index (Phi) is 2.34. The second-order valence-electron chi connectivity index (χ2n) is 3.13. The summed E-state index contributed by atoms with van der Waals surface area (Å²) in [4.78, 5) is 14.8. The third-order valence-corrected chi connectivity index (χ3v) is 2.07. The summed E-state index contributed by atoms with van der Waals surface area (Å²) in [6.07, 6.45) is 5.35. The number of hydrogen-bond donors (Lipinski definition) is 2. The van der Waals surface area contributed by atoms with Crippen LogP contribution in [-0.4, -0.2) is 32.2 Å². The molecule has 0 aliphatic rings. The molecule has 78 valence electrons. The first-order chi connectivity index (χ1) is 7.22. The lowest BCUT2D eigenvalue weighted by Gasteiger charge is -1.99. The largest absolute Gasteiger partial charge is 0.477 e. The van der Waals surface area contributed by atoms with E-state index in [0.29, 0.717) is 18.6 Å². The van der Waals surface area contributed by atoms with E-state index in [-0.39, 0.29) is 5.56 Å². The van der Waals surface area contributed by atoms with Crippen molar-refractivity contribution < 1.29 is 9.90 Å². The van der Waals surface area contributed by atoms with E-state index in [1.54, 1.807) is 12.4 Å². The average Bonchev–Trinajstić information content (AvgIpc) is 2.61. The van der Waals surface area contributed by atoms with Crippen LogP contribution in [0.5, 0.6) is 0 Å². The lowest BCUT2D eigenvalue weighted by molar-refractivity contribution is 0.0699. The molecule has 15 heavy (non-hydrogen) atoms. The highest BCUT2D eigenvalue weighted by atomic mass is 16.4. The Hall–Kier alpha value is -1.95. The second kappa shape index (κ2) is 3.66. The van der Waals surface area contributed by atoms with Crippen LogP contribution in [0.1, 0.15) is 15.9 Å². The van der Waals surface area contributed by atoms with Gasteiger partial charge >= 0.3 is 5.97 Å². The summed E-state index contributed by atoms with van der Waals surface area (Å²) in [5, 5.41) is 12.7. The first-order valence-electron chi connectivity index (χ1n) is 4.48. The van der Waals surface area contributed by atoms with Crippen LogP contribution >= 0.6 is 0 Å². The van der Waals surface area contributed by atoms with E-state index in [1.165, 1.54) is 10.7 Å². The topological polar surface area (TPSA) is 93.5 Å². The molecule has 2 aromatic rings. The van der Waals surface area contributed by atoms with E-state index in [0.717, 1.165) is 5.56 Å². The minimum absolute atomic E-state index is 0.106. The molecule has 0 bridgehead atoms. The zero-order valence-electron chi connectivity index (χ0n) is 7.92. The Morgan fingerprint density at radius 2 is 2.33 bits per heavy atom. The van der Waals surface area contributed by atoms with Gasteiger partial charge in [-0.25, -0.2) is 14.3 Å². The number of aromatic carboxylic acids is 1. The minimum atomic E-state index is -1.02. The van der Waals surface area contributed by atoms with Crippen LogP contribution in [0.3, 0.4) is 0 Å². The number of nitrogens with zero attached hydrogens (tertiary/aromatic N) is 3. The summed E-state index contributed by atoms with van der Waals surface area (Å²) in [6.45, 7) is 0.528. The Morgan fingerprint density at radius 3 is 3.00 bits per heavy atom. The fourth-order valence-electron chi connectivity index (χ4n) is 1.36. The highest BCUT2D eigenvalue weighted by Crippen LogP contribution is 2.08. The number of aromatic nitrogens is 3. The van der Waals surface area contributed by atoms with Gasteiger partial charge < -0.3 is 10.8 Å². The first kappa shape index (κ1) is 9.60. The third-order valence-electron chi connectivity index (χ3n) is 2.07. The Balaban J connectivity index is 2.51. The van der Waals surface area contributed by atoms with Crippen LogP contribution in [0.2, 0.25) is 0 Å². The molecule has 0 radical (unpaired) electrons. The van der Waals surface area contributed by atoms with E-state index in [9.17, 15) is 4.79 Å². The van der Waals surface area contributed by atoms with Crippen LogP contribution in [0, 0.1) is 0 Å². The van der Waals surface area contributed by atoms with Gasteiger partial charge in [-0.05, 0) is 18.5 Å². The summed E-state index contributed by atoms with van der Waals surface area (Å²) in [5.74, 6) is -1.02. The number of carbonyl (C=O) groups is 1. The number of fused-ring (bicyclic) bond motifs is 1. The van der Waals surface area contributed by atoms with Gasteiger partial charge in [-0.3, -0.25) is 0 Å². The predicted molar refractivity (Wildman–Crippen MR) is 52.7 cm³/mol.